The molecule has 0 aliphatic heterocycles. The number of carboxylic acids is 1. The number of thiophene rings is 1. The Kier molecular flexibility index (Phi) is 6.41. The van der Waals surface area contributed by atoms with Crippen molar-refractivity contribution in [3.63, 3.8) is 0 Å². The zero-order valence-corrected chi connectivity index (χ0v) is 12.6. The van der Waals surface area contributed by atoms with Crippen molar-refractivity contribution in [2.75, 3.05) is 27.2 Å². The van der Waals surface area contributed by atoms with Crippen molar-refractivity contribution in [3.05, 3.63) is 28.0 Å². The molecule has 0 fully saturated rings. The molecule has 114 valence electrons. The minimum Gasteiger partial charge on any atom is -0.478 e. The molecule has 1 rings (SSSR count). The highest BCUT2D eigenvalue weighted by Gasteiger charge is 2.08. The Morgan fingerprint density at radius 3 is 2.57 bits per heavy atom. The Morgan fingerprint density at radius 1 is 1.29 bits per heavy atom. The lowest BCUT2D eigenvalue weighted by atomic mass is 10.3. The van der Waals surface area contributed by atoms with Crippen molar-refractivity contribution in [1.82, 2.24) is 15.5 Å². The van der Waals surface area contributed by atoms with E-state index in [1.54, 1.807) is 25.5 Å². The van der Waals surface area contributed by atoms with E-state index < -0.39 is 5.97 Å². The van der Waals surface area contributed by atoms with Gasteiger partial charge in [0.25, 0.3) is 5.91 Å². The normalized spacial score (nSPS) is 10.4. The van der Waals surface area contributed by atoms with Gasteiger partial charge in [-0.3, -0.25) is 4.79 Å². The molecule has 0 unspecified atom stereocenters. The smallest absolute Gasteiger partial charge is 0.328 e. The number of carbonyl (C=O) groups excluding carboxylic acids is 2. The van der Waals surface area contributed by atoms with Crippen LogP contribution in [0, 0.1) is 0 Å². The molecule has 1 aromatic rings. The largest absolute Gasteiger partial charge is 0.478 e. The fourth-order valence-electron chi connectivity index (χ4n) is 1.32. The van der Waals surface area contributed by atoms with Gasteiger partial charge in [-0.05, 0) is 12.1 Å². The number of hydrogen-bond donors (Lipinski definition) is 3. The highest BCUT2D eigenvalue weighted by molar-refractivity contribution is 7.11. The Morgan fingerprint density at radius 2 is 1.95 bits per heavy atom. The van der Waals surface area contributed by atoms with Crippen LogP contribution in [0.3, 0.4) is 0 Å². The number of nitrogens with one attached hydrogen (secondary N) is 2. The molecule has 0 atom stereocenters. The molecule has 1 aromatic heterocycles. The van der Waals surface area contributed by atoms with E-state index in [2.05, 4.69) is 10.6 Å². The molecule has 7 nitrogen and oxygen atoms in total. The summed E-state index contributed by atoms with van der Waals surface area (Å²) in [5.74, 6) is -1.30. The molecule has 0 saturated carbocycles. The molecule has 0 spiro atoms. The zero-order valence-electron chi connectivity index (χ0n) is 11.8. The lowest BCUT2D eigenvalue weighted by Gasteiger charge is -2.11. The SMILES string of the molecule is CN(C)C(=O)NCCNC(=O)c1csc(/C=C/C(=O)O)c1. The van der Waals surface area contributed by atoms with Crippen LogP contribution >= 0.6 is 11.3 Å². The molecule has 8 heteroatoms. The van der Waals surface area contributed by atoms with Crippen LogP contribution < -0.4 is 10.6 Å². The molecular formula is C13H17N3O4S. The molecule has 0 bridgehead atoms. The predicted molar refractivity (Wildman–Crippen MR) is 80.4 cm³/mol. The first-order chi connectivity index (χ1) is 9.90. The van der Waals surface area contributed by atoms with Crippen LogP contribution in [0.25, 0.3) is 6.08 Å². The third-order valence-electron chi connectivity index (χ3n) is 2.37. The minimum absolute atomic E-state index is 0.221. The molecule has 3 amide bonds. The van der Waals surface area contributed by atoms with Gasteiger partial charge in [0, 0.05) is 43.5 Å². The predicted octanol–water partition coefficient (Wildman–Crippen LogP) is 0.847. The highest BCUT2D eigenvalue weighted by Crippen LogP contribution is 2.16. The molecule has 1 heterocycles. The standard InChI is InChI=1S/C13H17N3O4S/c1-16(2)13(20)15-6-5-14-12(19)9-7-10(21-8-9)3-4-11(17)18/h3-4,7-8H,5-6H2,1-2H3,(H,14,19)(H,15,20)(H,17,18)/b4-3+. The number of carboxylic acid groups (broad SMARTS) is 1. The second kappa shape index (κ2) is 8.05. The zero-order chi connectivity index (χ0) is 15.8. The summed E-state index contributed by atoms with van der Waals surface area (Å²) in [6.45, 7) is 0.646. The van der Waals surface area contributed by atoms with Gasteiger partial charge in [0.05, 0.1) is 5.56 Å². The van der Waals surface area contributed by atoms with Gasteiger partial charge in [-0.1, -0.05) is 0 Å². The van der Waals surface area contributed by atoms with Gasteiger partial charge in [0.2, 0.25) is 0 Å². The number of nitrogens with zero attached hydrogens (tertiary/aromatic N) is 1. The number of hydrogen-bond acceptors (Lipinski definition) is 4. The number of rotatable bonds is 6. The van der Waals surface area contributed by atoms with Gasteiger partial charge in [-0.25, -0.2) is 9.59 Å². The van der Waals surface area contributed by atoms with Gasteiger partial charge in [0.1, 0.15) is 0 Å². The van der Waals surface area contributed by atoms with E-state index in [1.807, 2.05) is 0 Å². The van der Waals surface area contributed by atoms with E-state index in [9.17, 15) is 14.4 Å². The first kappa shape index (κ1) is 16.7. The first-order valence-electron chi connectivity index (χ1n) is 6.13. The Hall–Kier alpha value is -2.35. The highest BCUT2D eigenvalue weighted by atomic mass is 32.1. The summed E-state index contributed by atoms with van der Waals surface area (Å²) in [7, 11) is 3.26. The lowest BCUT2D eigenvalue weighted by Crippen LogP contribution is -2.39. The molecule has 0 aliphatic carbocycles. The summed E-state index contributed by atoms with van der Waals surface area (Å²) < 4.78 is 0. The maximum absolute atomic E-state index is 11.8. The van der Waals surface area contributed by atoms with Gasteiger partial charge in [0.15, 0.2) is 0 Å². The summed E-state index contributed by atoms with van der Waals surface area (Å²) >= 11 is 1.28. The van der Waals surface area contributed by atoms with E-state index in [-0.39, 0.29) is 11.9 Å². The first-order valence-corrected chi connectivity index (χ1v) is 7.01. The van der Waals surface area contributed by atoms with Crippen LogP contribution in [0.2, 0.25) is 0 Å². The topological polar surface area (TPSA) is 98.7 Å². The summed E-state index contributed by atoms with van der Waals surface area (Å²) in [5.41, 5.74) is 0.462. The van der Waals surface area contributed by atoms with E-state index >= 15 is 0 Å². The summed E-state index contributed by atoms with van der Waals surface area (Å²) in [6, 6.07) is 1.39. The molecule has 3 N–H and O–H groups in total. The molecule has 0 aromatic carbocycles. The molecule has 0 saturated heterocycles. The lowest BCUT2D eigenvalue weighted by molar-refractivity contribution is -0.131. The number of amides is 3. The van der Waals surface area contributed by atoms with Crippen LogP contribution in [0.4, 0.5) is 4.79 Å². The van der Waals surface area contributed by atoms with Gasteiger partial charge in [-0.15, -0.1) is 11.3 Å². The molecule has 21 heavy (non-hydrogen) atoms. The Labute approximate surface area is 126 Å². The van der Waals surface area contributed by atoms with Crippen molar-refractivity contribution in [2.24, 2.45) is 0 Å². The maximum atomic E-state index is 11.8. The van der Waals surface area contributed by atoms with Crippen molar-refractivity contribution >= 4 is 35.3 Å². The number of urea groups is 1. The minimum atomic E-state index is -1.04. The fourth-order valence-corrected chi connectivity index (χ4v) is 2.10. The van der Waals surface area contributed by atoms with E-state index in [4.69, 9.17) is 5.11 Å². The van der Waals surface area contributed by atoms with Gasteiger partial charge < -0.3 is 20.6 Å². The number of aliphatic carboxylic acids is 1. The van der Waals surface area contributed by atoms with Gasteiger partial charge in [-0.2, -0.15) is 0 Å². The van der Waals surface area contributed by atoms with Crippen LogP contribution in [0.15, 0.2) is 17.5 Å². The van der Waals surface area contributed by atoms with Crippen molar-refractivity contribution in [2.45, 2.75) is 0 Å². The maximum Gasteiger partial charge on any atom is 0.328 e. The van der Waals surface area contributed by atoms with Crippen LogP contribution in [0.1, 0.15) is 15.2 Å². The second-order valence-corrected chi connectivity index (χ2v) is 5.23. The third kappa shape index (κ3) is 6.09. The van der Waals surface area contributed by atoms with Crippen molar-refractivity contribution < 1.29 is 19.5 Å². The van der Waals surface area contributed by atoms with E-state index in [0.717, 1.165) is 6.08 Å². The summed E-state index contributed by atoms with van der Waals surface area (Å²) in [6.07, 6.45) is 2.45. The van der Waals surface area contributed by atoms with Crippen LogP contribution in [-0.4, -0.2) is 55.1 Å². The van der Waals surface area contributed by atoms with Gasteiger partial charge >= 0.3 is 12.0 Å². The monoisotopic (exact) mass is 311 g/mol. The average Bonchev–Trinajstić information content (AvgIpc) is 2.89. The van der Waals surface area contributed by atoms with E-state index in [0.29, 0.717) is 23.5 Å². The summed E-state index contributed by atoms with van der Waals surface area (Å²) in [4.78, 5) is 35.5. The average molecular weight is 311 g/mol. The molecule has 0 aliphatic rings. The van der Waals surface area contributed by atoms with E-state index in [1.165, 1.54) is 22.3 Å². The van der Waals surface area contributed by atoms with Crippen molar-refractivity contribution in [3.8, 4) is 0 Å². The second-order valence-electron chi connectivity index (χ2n) is 4.29. The molecule has 0 radical (unpaired) electrons. The molecular weight excluding hydrogens is 294 g/mol. The fraction of sp³-hybridized carbons (Fsp3) is 0.308. The quantitative estimate of drug-likeness (QED) is 0.535. The Balaban J connectivity index is 2.39. The van der Waals surface area contributed by atoms with Crippen LogP contribution in [-0.2, 0) is 4.79 Å². The summed E-state index contributed by atoms with van der Waals surface area (Å²) in [5, 5.41) is 15.5. The van der Waals surface area contributed by atoms with Crippen LogP contribution in [0.5, 0.6) is 0 Å². The van der Waals surface area contributed by atoms with Crippen molar-refractivity contribution in [1.29, 1.82) is 0 Å². The third-order valence-corrected chi connectivity index (χ3v) is 3.26. The number of carbonyl (C=O) groups is 3. The Bertz CT molecular complexity index is 551.